The van der Waals surface area contributed by atoms with E-state index in [2.05, 4.69) is 9.71 Å². The molecule has 1 unspecified atom stereocenters. The summed E-state index contributed by atoms with van der Waals surface area (Å²) in [5.74, 6) is -2.16. The minimum Gasteiger partial charge on any atom is -0.598 e. The first kappa shape index (κ1) is 22.6. The lowest BCUT2D eigenvalue weighted by Crippen LogP contribution is -2.48. The number of rotatable bonds is 4. The van der Waals surface area contributed by atoms with Crippen LogP contribution in [0.3, 0.4) is 0 Å². The Morgan fingerprint density at radius 1 is 1.15 bits per heavy atom. The van der Waals surface area contributed by atoms with Crippen molar-refractivity contribution in [3.8, 4) is 0 Å². The highest BCUT2D eigenvalue weighted by Crippen LogP contribution is 2.50. The van der Waals surface area contributed by atoms with Crippen LogP contribution in [0.2, 0.25) is 5.02 Å². The summed E-state index contributed by atoms with van der Waals surface area (Å²) in [5.41, 5.74) is -1.45. The fraction of sp³-hybridized carbons (Fsp3) is 0.688. The molecule has 0 aromatic carbocycles. The summed E-state index contributed by atoms with van der Waals surface area (Å²) in [5, 5.41) is -0.608. The van der Waals surface area contributed by atoms with E-state index in [1.807, 2.05) is 0 Å². The summed E-state index contributed by atoms with van der Waals surface area (Å²) >= 11 is 3.86. The minimum absolute atomic E-state index is 0.130. The minimum atomic E-state index is -4.81. The fourth-order valence-corrected chi connectivity index (χ4v) is 3.83. The van der Waals surface area contributed by atoms with Crippen LogP contribution in [-0.4, -0.2) is 20.5 Å². The molecule has 1 N–H and O–H groups in total. The van der Waals surface area contributed by atoms with Crippen LogP contribution in [0.25, 0.3) is 0 Å². The molecule has 0 aliphatic heterocycles. The molecule has 1 fully saturated rings. The molecule has 1 heterocycles. The van der Waals surface area contributed by atoms with Gasteiger partial charge in [0.15, 0.2) is 5.69 Å². The zero-order valence-electron chi connectivity index (χ0n) is 14.7. The number of nitrogens with zero attached hydrogens (tertiary/aromatic N) is 1. The van der Waals surface area contributed by atoms with Crippen molar-refractivity contribution >= 4 is 23.0 Å². The molecule has 1 aliphatic rings. The second-order valence-corrected chi connectivity index (χ2v) is 9.92. The van der Waals surface area contributed by atoms with Crippen LogP contribution < -0.4 is 4.72 Å². The second-order valence-electron chi connectivity index (χ2n) is 7.51. The Morgan fingerprint density at radius 3 is 2.15 bits per heavy atom. The van der Waals surface area contributed by atoms with E-state index < -0.39 is 57.1 Å². The van der Waals surface area contributed by atoms with Crippen molar-refractivity contribution in [1.82, 2.24) is 9.71 Å². The molecule has 0 spiro atoms. The molecule has 1 aromatic rings. The predicted octanol–water partition coefficient (Wildman–Crippen LogP) is 5.44. The highest BCUT2D eigenvalue weighted by molar-refractivity contribution is 7.90. The van der Waals surface area contributed by atoms with Gasteiger partial charge in [-0.3, -0.25) is 0 Å². The average molecular weight is 437 g/mol. The van der Waals surface area contributed by atoms with Gasteiger partial charge in [0.1, 0.15) is 4.75 Å². The van der Waals surface area contributed by atoms with Crippen LogP contribution in [-0.2, 0) is 17.5 Å². The van der Waals surface area contributed by atoms with Crippen LogP contribution >= 0.6 is 11.6 Å². The Bertz CT molecular complexity index is 670. The van der Waals surface area contributed by atoms with E-state index in [0.717, 1.165) is 6.07 Å². The predicted molar refractivity (Wildman–Crippen MR) is 90.3 cm³/mol. The number of hydrogen-bond donors (Lipinski definition) is 1. The number of aromatic nitrogens is 1. The van der Waals surface area contributed by atoms with Gasteiger partial charge < -0.3 is 4.55 Å². The fourth-order valence-electron chi connectivity index (χ4n) is 2.72. The molecular formula is C16H19ClF6N2OS. The van der Waals surface area contributed by atoms with Crippen LogP contribution in [0, 0.1) is 11.8 Å². The molecule has 1 aromatic heterocycles. The van der Waals surface area contributed by atoms with Crippen molar-refractivity contribution in [3.63, 3.8) is 0 Å². The number of hydrogen-bond acceptors (Lipinski definition) is 3. The van der Waals surface area contributed by atoms with Crippen LogP contribution in [0.15, 0.2) is 12.1 Å². The maximum Gasteiger partial charge on any atom is 0.434 e. The van der Waals surface area contributed by atoms with Gasteiger partial charge in [0.05, 0.1) is 22.7 Å². The van der Waals surface area contributed by atoms with Crippen LogP contribution in [0.5, 0.6) is 0 Å². The van der Waals surface area contributed by atoms with Crippen molar-refractivity contribution in [2.24, 2.45) is 11.8 Å². The Morgan fingerprint density at radius 2 is 1.70 bits per heavy atom. The van der Waals surface area contributed by atoms with E-state index in [0.29, 0.717) is 0 Å². The Labute approximate surface area is 161 Å². The van der Waals surface area contributed by atoms with Crippen molar-refractivity contribution in [2.45, 2.75) is 56.8 Å². The van der Waals surface area contributed by atoms with Crippen molar-refractivity contribution < 1.29 is 30.9 Å². The van der Waals surface area contributed by atoms with Crippen LogP contribution in [0.1, 0.15) is 51.0 Å². The second kappa shape index (κ2) is 7.61. The molecular weight excluding hydrogens is 418 g/mol. The van der Waals surface area contributed by atoms with Crippen molar-refractivity contribution in [2.75, 3.05) is 0 Å². The molecule has 2 atom stereocenters. The number of pyridine rings is 1. The summed E-state index contributed by atoms with van der Waals surface area (Å²) in [7, 11) is 0. The summed E-state index contributed by atoms with van der Waals surface area (Å²) < 4.78 is 92.0. The first-order chi connectivity index (χ1) is 12.1. The lowest BCUT2D eigenvalue weighted by atomic mass is 9.70. The van der Waals surface area contributed by atoms with Crippen molar-refractivity contribution in [3.05, 3.63) is 28.5 Å². The van der Waals surface area contributed by atoms with Gasteiger partial charge in [0.25, 0.3) is 0 Å². The largest absolute Gasteiger partial charge is 0.598 e. The average Bonchev–Trinajstić information content (AvgIpc) is 2.41. The number of halogens is 7. The van der Waals surface area contributed by atoms with Gasteiger partial charge in [-0.25, -0.2) is 4.98 Å². The van der Waals surface area contributed by atoms with E-state index in [1.165, 1.54) is 6.07 Å². The van der Waals surface area contributed by atoms with Gasteiger partial charge >= 0.3 is 12.4 Å². The maximum absolute atomic E-state index is 13.1. The number of nitrogens with one attached hydrogen (secondary N) is 1. The van der Waals surface area contributed by atoms with E-state index in [4.69, 9.17) is 11.6 Å². The molecule has 0 bridgehead atoms. The van der Waals surface area contributed by atoms with Gasteiger partial charge in [-0.05, 0) is 51.7 Å². The third-order valence-corrected chi connectivity index (χ3v) is 6.24. The third-order valence-electron chi connectivity index (χ3n) is 4.35. The van der Waals surface area contributed by atoms with Gasteiger partial charge in [0, 0.05) is 11.4 Å². The lowest BCUT2D eigenvalue weighted by Gasteiger charge is -2.41. The van der Waals surface area contributed by atoms with Crippen molar-refractivity contribution in [1.29, 1.82) is 0 Å². The summed E-state index contributed by atoms with van der Waals surface area (Å²) in [6, 6.07) is 1.21. The molecule has 1 saturated carbocycles. The van der Waals surface area contributed by atoms with Gasteiger partial charge in [-0.2, -0.15) is 26.3 Å². The molecule has 1 aliphatic carbocycles. The Hall–Kier alpha value is -0.710. The van der Waals surface area contributed by atoms with E-state index in [9.17, 15) is 30.9 Å². The molecule has 11 heteroatoms. The summed E-state index contributed by atoms with van der Waals surface area (Å²) in [4.78, 5) is 3.53. The zero-order chi connectivity index (χ0) is 20.8. The topological polar surface area (TPSA) is 48.0 Å². The van der Waals surface area contributed by atoms with Gasteiger partial charge in [-0.1, -0.05) is 11.6 Å². The maximum atomic E-state index is 13.1. The lowest BCUT2D eigenvalue weighted by molar-refractivity contribution is -0.206. The monoisotopic (exact) mass is 436 g/mol. The van der Waals surface area contributed by atoms with Crippen LogP contribution in [0.4, 0.5) is 26.3 Å². The quantitative estimate of drug-likeness (QED) is 0.505. The highest BCUT2D eigenvalue weighted by atomic mass is 35.5. The van der Waals surface area contributed by atoms with Gasteiger partial charge in [0.2, 0.25) is 0 Å². The van der Waals surface area contributed by atoms with E-state index >= 15 is 0 Å². The summed E-state index contributed by atoms with van der Waals surface area (Å²) in [6.07, 6.45) is -9.72. The molecule has 0 amide bonds. The van der Waals surface area contributed by atoms with Gasteiger partial charge in [-0.15, -0.1) is 4.72 Å². The molecule has 0 saturated heterocycles. The molecule has 154 valence electrons. The molecule has 2 rings (SSSR count). The standard InChI is InChI=1S/C16H19ClF6N2OS/c1-14(2,3)27(26)25-12(8-6-9(7-8)15(18,19)20)11-5-4-10(17)13(24-11)16(21,22)23/h4-5,8-9,12,25H,6-7H2,1-3H3/t8?,9?,12-,27?/m1/s1. The zero-order valence-corrected chi connectivity index (χ0v) is 16.3. The SMILES string of the molecule is CC(C)(C)[S+]([O-])N[C@@H](c1ccc(Cl)c(C(F)(F)F)n1)C1CC(C(F)(F)F)C1. The third kappa shape index (κ3) is 5.42. The first-order valence-corrected chi connectivity index (χ1v) is 9.62. The highest BCUT2D eigenvalue weighted by Gasteiger charge is 2.51. The molecule has 3 nitrogen and oxygen atoms in total. The van der Waals surface area contributed by atoms with E-state index in [-0.39, 0.29) is 18.5 Å². The van der Waals surface area contributed by atoms with E-state index in [1.54, 1.807) is 20.8 Å². The normalized spacial score (nSPS) is 23.7. The molecule has 27 heavy (non-hydrogen) atoms. The Kier molecular flexibility index (Phi) is 6.36. The first-order valence-electron chi connectivity index (χ1n) is 8.09. The smallest absolute Gasteiger partial charge is 0.434 e. The Balaban J connectivity index is 2.33. The molecule has 0 radical (unpaired) electrons. The number of alkyl halides is 6. The summed E-state index contributed by atoms with van der Waals surface area (Å²) in [6.45, 7) is 4.93.